The normalized spacial score (nSPS) is 12.4. The molecule has 0 N–H and O–H groups in total. The molecule has 0 fully saturated rings. The van der Waals surface area contributed by atoms with Crippen LogP contribution < -0.4 is 0 Å². The van der Waals surface area contributed by atoms with Crippen LogP contribution in [0.1, 0.15) is 17.2 Å². The number of ether oxygens (including phenoxy) is 1. The summed E-state index contributed by atoms with van der Waals surface area (Å²) in [6.45, 7) is 0.627. The third-order valence-corrected chi connectivity index (χ3v) is 4.81. The van der Waals surface area contributed by atoms with Gasteiger partial charge in [0.2, 0.25) is 0 Å². The first-order valence-corrected chi connectivity index (χ1v) is 8.98. The topological polar surface area (TPSA) is 9.23 Å². The monoisotopic (exact) mass is 494 g/mol. The second kappa shape index (κ2) is 7.76. The van der Waals surface area contributed by atoms with Crippen LogP contribution in [0.25, 0.3) is 0 Å². The highest BCUT2D eigenvalue weighted by Gasteiger charge is 2.13. The van der Waals surface area contributed by atoms with Crippen LogP contribution in [0, 0.1) is 0 Å². The van der Waals surface area contributed by atoms with Crippen molar-refractivity contribution in [3.05, 3.63) is 68.6 Å². The summed E-state index contributed by atoms with van der Waals surface area (Å²) in [6, 6.07) is 16.5. The van der Waals surface area contributed by atoms with Crippen LogP contribution in [0.3, 0.4) is 0 Å². The van der Waals surface area contributed by atoms with E-state index in [1.54, 1.807) is 0 Å². The van der Waals surface area contributed by atoms with Gasteiger partial charge in [0.15, 0.2) is 0 Å². The number of hydrogen-bond acceptors (Lipinski definition) is 1. The van der Waals surface area contributed by atoms with Gasteiger partial charge >= 0.3 is 0 Å². The molecule has 0 aliphatic carbocycles. The molecule has 0 heterocycles. The van der Waals surface area contributed by atoms with Gasteiger partial charge in [-0.2, -0.15) is 0 Å². The van der Waals surface area contributed by atoms with Crippen molar-refractivity contribution in [2.24, 2.45) is 0 Å². The van der Waals surface area contributed by atoms with Crippen molar-refractivity contribution >= 4 is 54.5 Å². The van der Waals surface area contributed by atoms with E-state index in [2.05, 4.69) is 78.7 Å². The van der Waals surface area contributed by atoms with Gasteiger partial charge in [-0.25, -0.2) is 0 Å². The summed E-state index contributed by atoms with van der Waals surface area (Å²) < 4.78 is 9.15. The van der Waals surface area contributed by atoms with Gasteiger partial charge in [-0.15, -0.1) is 0 Å². The first-order chi connectivity index (χ1) is 9.20. The summed E-state index contributed by atoms with van der Waals surface area (Å²) >= 11 is 9.39. The molecule has 0 bridgehead atoms. The Morgan fingerprint density at radius 3 is 2.32 bits per heavy atom. The Morgan fingerprint density at radius 1 is 1.00 bits per heavy atom. The predicted molar refractivity (Wildman–Crippen MR) is 94.7 cm³/mol. The third kappa shape index (κ3) is 4.55. The Hall–Kier alpha value is 0.0900. The van der Waals surface area contributed by atoms with E-state index >= 15 is 0 Å². The van der Waals surface area contributed by atoms with Crippen molar-refractivity contribution in [2.75, 3.05) is 4.43 Å². The lowest BCUT2D eigenvalue weighted by Gasteiger charge is -2.17. The Labute approximate surface area is 144 Å². The van der Waals surface area contributed by atoms with Crippen molar-refractivity contribution < 1.29 is 4.74 Å². The minimum atomic E-state index is 0.111. The van der Waals surface area contributed by atoms with E-state index in [4.69, 9.17) is 4.74 Å². The van der Waals surface area contributed by atoms with Crippen molar-refractivity contribution in [3.8, 4) is 0 Å². The summed E-state index contributed by atoms with van der Waals surface area (Å²) in [4.78, 5) is 0. The molecule has 0 spiro atoms. The highest BCUT2D eigenvalue weighted by molar-refractivity contribution is 14.1. The molecule has 0 aromatic heterocycles. The molecule has 2 rings (SSSR count). The Bertz CT molecular complexity index is 528. The molecule has 2 aromatic rings. The van der Waals surface area contributed by atoms with Crippen LogP contribution in [0.4, 0.5) is 0 Å². The second-order valence-electron chi connectivity index (χ2n) is 4.10. The van der Waals surface area contributed by atoms with Gasteiger partial charge in [-0.1, -0.05) is 84.8 Å². The van der Waals surface area contributed by atoms with Crippen molar-refractivity contribution in [2.45, 2.75) is 12.7 Å². The zero-order valence-electron chi connectivity index (χ0n) is 10.2. The summed E-state index contributed by atoms with van der Waals surface area (Å²) in [5.41, 5.74) is 2.39. The number of alkyl halides is 1. The first-order valence-electron chi connectivity index (χ1n) is 5.87. The molecule has 0 aliphatic rings. The highest BCUT2D eigenvalue weighted by Crippen LogP contribution is 2.28. The summed E-state index contributed by atoms with van der Waals surface area (Å²) in [6.07, 6.45) is 0.111. The summed E-state index contributed by atoms with van der Waals surface area (Å²) in [7, 11) is 0. The molecular formula is C15H13Br2IO. The fourth-order valence-corrected chi connectivity index (χ4v) is 3.26. The van der Waals surface area contributed by atoms with Crippen molar-refractivity contribution in [1.29, 1.82) is 0 Å². The number of halogens is 3. The highest BCUT2D eigenvalue weighted by atomic mass is 127. The van der Waals surface area contributed by atoms with E-state index in [-0.39, 0.29) is 6.10 Å². The van der Waals surface area contributed by atoms with Gasteiger partial charge in [0, 0.05) is 13.4 Å². The van der Waals surface area contributed by atoms with E-state index < -0.39 is 0 Å². The molecule has 1 nitrogen and oxygen atoms in total. The molecular weight excluding hydrogens is 483 g/mol. The van der Waals surface area contributed by atoms with Crippen molar-refractivity contribution in [3.63, 3.8) is 0 Å². The summed E-state index contributed by atoms with van der Waals surface area (Å²) in [5, 5.41) is 0. The Balaban J connectivity index is 2.04. The predicted octanol–water partition coefficient (Wildman–Crippen LogP) is 5.90. The minimum absolute atomic E-state index is 0.111. The third-order valence-electron chi connectivity index (χ3n) is 2.76. The molecule has 0 saturated heterocycles. The minimum Gasteiger partial charge on any atom is -0.368 e. The van der Waals surface area contributed by atoms with E-state index in [1.807, 2.05) is 24.3 Å². The van der Waals surface area contributed by atoms with Gasteiger partial charge in [0.25, 0.3) is 0 Å². The fraction of sp³-hybridized carbons (Fsp3) is 0.200. The SMILES string of the molecule is Brc1ccc(COC(CI)c2ccccc2Br)cc1. The molecule has 0 radical (unpaired) electrons. The lowest BCUT2D eigenvalue weighted by molar-refractivity contribution is 0.0572. The van der Waals surface area contributed by atoms with E-state index in [1.165, 1.54) is 11.1 Å². The zero-order valence-corrected chi connectivity index (χ0v) is 15.5. The van der Waals surface area contributed by atoms with Crippen LogP contribution in [-0.4, -0.2) is 4.43 Å². The smallest absolute Gasteiger partial charge is 0.0929 e. The molecule has 1 atom stereocenters. The molecule has 19 heavy (non-hydrogen) atoms. The average Bonchev–Trinajstić information content (AvgIpc) is 2.43. The van der Waals surface area contributed by atoms with Crippen molar-refractivity contribution in [1.82, 2.24) is 0 Å². The van der Waals surface area contributed by atoms with Crippen LogP contribution in [0.15, 0.2) is 57.5 Å². The lowest BCUT2D eigenvalue weighted by atomic mass is 10.1. The quantitative estimate of drug-likeness (QED) is 0.370. The lowest BCUT2D eigenvalue weighted by Crippen LogP contribution is -2.06. The fourth-order valence-electron chi connectivity index (χ4n) is 1.73. The van der Waals surface area contributed by atoms with Crippen LogP contribution in [-0.2, 0) is 11.3 Å². The first kappa shape index (κ1) is 15.5. The van der Waals surface area contributed by atoms with Crippen LogP contribution in [0.5, 0.6) is 0 Å². The van der Waals surface area contributed by atoms with Gasteiger partial charge in [-0.3, -0.25) is 0 Å². The molecule has 0 saturated carbocycles. The molecule has 4 heteroatoms. The second-order valence-corrected chi connectivity index (χ2v) is 6.75. The van der Waals surface area contributed by atoms with Crippen LogP contribution >= 0.6 is 54.5 Å². The van der Waals surface area contributed by atoms with E-state index in [0.717, 1.165) is 13.4 Å². The summed E-state index contributed by atoms with van der Waals surface area (Å²) in [5.74, 6) is 0. The van der Waals surface area contributed by atoms with Gasteiger partial charge < -0.3 is 4.74 Å². The Kier molecular flexibility index (Phi) is 6.32. The van der Waals surface area contributed by atoms with E-state index in [9.17, 15) is 0 Å². The number of benzene rings is 2. The Morgan fingerprint density at radius 2 is 1.68 bits per heavy atom. The average molecular weight is 496 g/mol. The zero-order chi connectivity index (χ0) is 13.7. The van der Waals surface area contributed by atoms with Gasteiger partial charge in [-0.05, 0) is 29.3 Å². The standard InChI is InChI=1S/C15H13Br2IO/c16-12-7-5-11(6-8-12)10-19-15(9-18)13-3-1-2-4-14(13)17/h1-8,15H,9-10H2. The number of rotatable bonds is 5. The largest absolute Gasteiger partial charge is 0.368 e. The maximum atomic E-state index is 6.03. The maximum absolute atomic E-state index is 6.03. The van der Waals surface area contributed by atoms with Gasteiger partial charge in [0.05, 0.1) is 12.7 Å². The molecule has 2 aromatic carbocycles. The van der Waals surface area contributed by atoms with Crippen LogP contribution in [0.2, 0.25) is 0 Å². The van der Waals surface area contributed by atoms with E-state index in [0.29, 0.717) is 6.61 Å². The molecule has 1 unspecified atom stereocenters. The van der Waals surface area contributed by atoms with Gasteiger partial charge in [0.1, 0.15) is 0 Å². The number of hydrogen-bond donors (Lipinski definition) is 0. The molecule has 0 aliphatic heterocycles. The molecule has 0 amide bonds. The molecule has 100 valence electrons. The maximum Gasteiger partial charge on any atom is 0.0929 e.